The van der Waals surface area contributed by atoms with Crippen molar-refractivity contribution in [1.29, 1.82) is 0 Å². The lowest BCUT2D eigenvalue weighted by molar-refractivity contribution is -0.149. The highest BCUT2D eigenvalue weighted by atomic mass is 32.2. The molecule has 22 heavy (non-hydrogen) atoms. The van der Waals surface area contributed by atoms with E-state index in [4.69, 9.17) is 9.26 Å². The number of thioether (sulfide) groups is 1. The molecule has 0 radical (unpaired) electrons. The van der Waals surface area contributed by atoms with E-state index in [0.29, 0.717) is 24.9 Å². The molecule has 118 valence electrons. The molecule has 0 N–H and O–H groups in total. The van der Waals surface area contributed by atoms with Crippen molar-refractivity contribution in [2.24, 2.45) is 0 Å². The highest BCUT2D eigenvalue weighted by Crippen LogP contribution is 2.23. The summed E-state index contributed by atoms with van der Waals surface area (Å²) < 4.78 is 10.5. The maximum Gasteiger partial charge on any atom is 0.324 e. The van der Waals surface area contributed by atoms with Gasteiger partial charge < -0.3 is 9.26 Å². The van der Waals surface area contributed by atoms with E-state index >= 15 is 0 Å². The second kappa shape index (κ2) is 7.26. The van der Waals surface area contributed by atoms with Crippen molar-refractivity contribution < 1.29 is 14.1 Å². The van der Waals surface area contributed by atoms with Crippen LogP contribution in [0.5, 0.6) is 0 Å². The Bertz CT molecular complexity index is 615. The lowest BCUT2D eigenvalue weighted by Gasteiger charge is -2.32. The zero-order valence-corrected chi connectivity index (χ0v) is 13.9. The molecule has 0 amide bonds. The first-order valence-electron chi connectivity index (χ1n) is 7.13. The second-order valence-electron chi connectivity index (χ2n) is 4.80. The highest BCUT2D eigenvalue weighted by molar-refractivity contribution is 7.99. The van der Waals surface area contributed by atoms with Gasteiger partial charge in [-0.25, -0.2) is 0 Å². The number of hydrogen-bond acceptors (Lipinski definition) is 8. The van der Waals surface area contributed by atoms with Gasteiger partial charge in [-0.3, -0.25) is 9.69 Å². The Balaban J connectivity index is 1.69. The fraction of sp³-hybridized carbons (Fsp3) is 0.500. The maximum absolute atomic E-state index is 12.0. The SMILES string of the molecule is CCOC(=O)[C@H]1CSCCN1Cc1nc(-c2cccs2)no1. The Kier molecular flexibility index (Phi) is 5.12. The number of rotatable bonds is 5. The van der Waals surface area contributed by atoms with Gasteiger partial charge in [-0.15, -0.1) is 11.3 Å². The fourth-order valence-corrected chi connectivity index (χ4v) is 4.03. The molecular weight excluding hydrogens is 322 g/mol. The summed E-state index contributed by atoms with van der Waals surface area (Å²) in [7, 11) is 0. The number of nitrogens with zero attached hydrogens (tertiary/aromatic N) is 3. The number of esters is 1. The molecular formula is C14H17N3O3S2. The third-order valence-corrected chi connectivity index (χ3v) is 5.23. The van der Waals surface area contributed by atoms with Gasteiger partial charge in [0, 0.05) is 18.1 Å². The van der Waals surface area contributed by atoms with E-state index in [1.807, 2.05) is 24.4 Å². The monoisotopic (exact) mass is 339 g/mol. The van der Waals surface area contributed by atoms with Crippen LogP contribution in [0.4, 0.5) is 0 Å². The first-order valence-corrected chi connectivity index (χ1v) is 9.16. The van der Waals surface area contributed by atoms with Gasteiger partial charge in [0.1, 0.15) is 6.04 Å². The lowest BCUT2D eigenvalue weighted by atomic mass is 10.2. The minimum Gasteiger partial charge on any atom is -0.465 e. The number of thiophene rings is 1. The van der Waals surface area contributed by atoms with Crippen LogP contribution in [0.3, 0.4) is 0 Å². The van der Waals surface area contributed by atoms with E-state index in [1.165, 1.54) is 0 Å². The van der Waals surface area contributed by atoms with Crippen LogP contribution in [-0.4, -0.2) is 51.7 Å². The Hall–Kier alpha value is -1.38. The third kappa shape index (κ3) is 3.50. The highest BCUT2D eigenvalue weighted by Gasteiger charge is 2.31. The molecule has 3 rings (SSSR count). The van der Waals surface area contributed by atoms with Gasteiger partial charge in [0.05, 0.1) is 18.0 Å². The number of ether oxygens (including phenoxy) is 1. The molecule has 2 aromatic rings. The number of carbonyl (C=O) groups excluding carboxylic acids is 1. The van der Waals surface area contributed by atoms with Gasteiger partial charge in [0.15, 0.2) is 0 Å². The van der Waals surface area contributed by atoms with Crippen LogP contribution >= 0.6 is 23.1 Å². The Morgan fingerprint density at radius 3 is 3.27 bits per heavy atom. The van der Waals surface area contributed by atoms with Gasteiger partial charge in [-0.1, -0.05) is 11.2 Å². The van der Waals surface area contributed by atoms with Crippen LogP contribution < -0.4 is 0 Å². The third-order valence-electron chi connectivity index (χ3n) is 3.35. The summed E-state index contributed by atoms with van der Waals surface area (Å²) in [5.41, 5.74) is 0. The minimum absolute atomic E-state index is 0.173. The smallest absolute Gasteiger partial charge is 0.324 e. The molecule has 1 fully saturated rings. The zero-order chi connectivity index (χ0) is 15.4. The molecule has 0 bridgehead atoms. The van der Waals surface area contributed by atoms with Crippen LogP contribution in [0.2, 0.25) is 0 Å². The molecule has 0 aromatic carbocycles. The first kappa shape index (κ1) is 15.5. The van der Waals surface area contributed by atoms with E-state index in [2.05, 4.69) is 15.0 Å². The predicted octanol–water partition coefficient (Wildman–Crippen LogP) is 2.28. The van der Waals surface area contributed by atoms with Crippen molar-refractivity contribution in [3.05, 3.63) is 23.4 Å². The van der Waals surface area contributed by atoms with Gasteiger partial charge in [0.2, 0.25) is 11.7 Å². The van der Waals surface area contributed by atoms with Gasteiger partial charge in [-0.2, -0.15) is 16.7 Å². The molecule has 0 aliphatic carbocycles. The molecule has 6 nitrogen and oxygen atoms in total. The Morgan fingerprint density at radius 1 is 1.59 bits per heavy atom. The summed E-state index contributed by atoms with van der Waals surface area (Å²) in [5, 5.41) is 5.98. The molecule has 3 heterocycles. The molecule has 0 saturated carbocycles. The summed E-state index contributed by atoms with van der Waals surface area (Å²) in [6.45, 7) is 3.51. The first-order chi connectivity index (χ1) is 10.8. The molecule has 8 heteroatoms. The van der Waals surface area contributed by atoms with Crippen molar-refractivity contribution in [3.8, 4) is 10.7 Å². The van der Waals surface area contributed by atoms with Crippen molar-refractivity contribution in [2.75, 3.05) is 24.7 Å². The average molecular weight is 339 g/mol. The van der Waals surface area contributed by atoms with E-state index in [9.17, 15) is 4.79 Å². The van der Waals surface area contributed by atoms with E-state index < -0.39 is 0 Å². The molecule has 1 aliphatic heterocycles. The van der Waals surface area contributed by atoms with Crippen molar-refractivity contribution >= 4 is 29.1 Å². The average Bonchev–Trinajstić information content (AvgIpc) is 3.19. The molecule has 1 aliphatic rings. The summed E-state index contributed by atoms with van der Waals surface area (Å²) in [5.74, 6) is 2.69. The van der Waals surface area contributed by atoms with Crippen LogP contribution in [0.1, 0.15) is 12.8 Å². The number of carbonyl (C=O) groups is 1. The van der Waals surface area contributed by atoms with E-state index in [-0.39, 0.29) is 12.0 Å². The van der Waals surface area contributed by atoms with Crippen LogP contribution in [0, 0.1) is 0 Å². The van der Waals surface area contributed by atoms with Gasteiger partial charge >= 0.3 is 5.97 Å². The van der Waals surface area contributed by atoms with Gasteiger partial charge in [-0.05, 0) is 18.4 Å². The van der Waals surface area contributed by atoms with Crippen LogP contribution in [0.25, 0.3) is 10.7 Å². The molecule has 0 unspecified atom stereocenters. The topological polar surface area (TPSA) is 68.5 Å². The Morgan fingerprint density at radius 2 is 2.50 bits per heavy atom. The van der Waals surface area contributed by atoms with Crippen molar-refractivity contribution in [1.82, 2.24) is 15.0 Å². The maximum atomic E-state index is 12.0. The number of aromatic nitrogens is 2. The van der Waals surface area contributed by atoms with Gasteiger partial charge in [0.25, 0.3) is 0 Å². The second-order valence-corrected chi connectivity index (χ2v) is 6.90. The standard InChI is InChI=1S/C14H17N3O3S2/c1-2-19-14(18)10-9-21-7-5-17(10)8-12-15-13(16-20-12)11-4-3-6-22-11/h3-4,6,10H,2,5,7-9H2,1H3/t10-/m1/s1. The lowest BCUT2D eigenvalue weighted by Crippen LogP contribution is -2.47. The summed E-state index contributed by atoms with van der Waals surface area (Å²) >= 11 is 3.34. The Labute approximate surface area is 136 Å². The zero-order valence-electron chi connectivity index (χ0n) is 12.2. The molecule has 2 aromatic heterocycles. The van der Waals surface area contributed by atoms with E-state index in [1.54, 1.807) is 23.1 Å². The van der Waals surface area contributed by atoms with Crippen LogP contribution in [0.15, 0.2) is 22.0 Å². The van der Waals surface area contributed by atoms with E-state index in [0.717, 1.165) is 22.9 Å². The van der Waals surface area contributed by atoms with Crippen LogP contribution in [-0.2, 0) is 16.1 Å². The van der Waals surface area contributed by atoms with Crippen molar-refractivity contribution in [3.63, 3.8) is 0 Å². The summed E-state index contributed by atoms with van der Waals surface area (Å²) in [6, 6.07) is 3.67. The number of hydrogen-bond donors (Lipinski definition) is 0. The molecule has 0 spiro atoms. The quantitative estimate of drug-likeness (QED) is 0.774. The predicted molar refractivity (Wildman–Crippen MR) is 85.8 cm³/mol. The normalized spacial score (nSPS) is 19.2. The molecule has 1 saturated heterocycles. The largest absolute Gasteiger partial charge is 0.465 e. The molecule has 1 atom stereocenters. The minimum atomic E-state index is -0.240. The summed E-state index contributed by atoms with van der Waals surface area (Å²) in [4.78, 5) is 19.5. The fourth-order valence-electron chi connectivity index (χ4n) is 2.28. The van der Waals surface area contributed by atoms with Crippen molar-refractivity contribution in [2.45, 2.75) is 19.5 Å². The summed E-state index contributed by atoms with van der Waals surface area (Å²) in [6.07, 6.45) is 0.